The lowest BCUT2D eigenvalue weighted by atomic mass is 10.2. The number of rotatable bonds is 3. The van der Waals surface area contributed by atoms with Gasteiger partial charge >= 0.3 is 5.97 Å². The van der Waals surface area contributed by atoms with Gasteiger partial charge in [0, 0.05) is 13.4 Å². The fourth-order valence-electron chi connectivity index (χ4n) is 1.78. The molecule has 0 bridgehead atoms. The minimum Gasteiger partial charge on any atom is -0.744 e. The molecule has 0 aromatic heterocycles. The Morgan fingerprint density at radius 3 is 1.73 bits per heavy atom. The summed E-state index contributed by atoms with van der Waals surface area (Å²) in [7, 11) is -5.87. The first kappa shape index (κ1) is 21.3. The van der Waals surface area contributed by atoms with Crippen molar-refractivity contribution in [2.24, 2.45) is 0 Å². The number of ether oxygens (including phenoxy) is 1. The summed E-state index contributed by atoms with van der Waals surface area (Å²) in [6, 6.07) is 2.75. The Morgan fingerprint density at radius 1 is 0.923 bits per heavy atom. The highest BCUT2D eigenvalue weighted by molar-refractivity contribution is 9.11. The maximum atomic E-state index is 13.9. The van der Waals surface area contributed by atoms with Gasteiger partial charge in [-0.3, -0.25) is 0 Å². The maximum Gasteiger partial charge on any atom is 0.346 e. The van der Waals surface area contributed by atoms with Gasteiger partial charge in [0.2, 0.25) is 17.4 Å². The second-order valence-electron chi connectivity index (χ2n) is 4.50. The molecule has 0 fully saturated rings. The highest BCUT2D eigenvalue weighted by Crippen LogP contribution is 2.35. The van der Waals surface area contributed by atoms with E-state index in [-0.39, 0.29) is 14.5 Å². The van der Waals surface area contributed by atoms with E-state index in [1.165, 1.54) is 12.1 Å². The lowest BCUT2D eigenvalue weighted by Crippen LogP contribution is -2.16. The van der Waals surface area contributed by atoms with Crippen molar-refractivity contribution in [3.63, 3.8) is 0 Å². The quantitative estimate of drug-likeness (QED) is 0.172. The van der Waals surface area contributed by atoms with Crippen molar-refractivity contribution >= 4 is 63.9 Å². The van der Waals surface area contributed by atoms with Gasteiger partial charge in [-0.25, -0.2) is 22.0 Å². The van der Waals surface area contributed by atoms with Crippen molar-refractivity contribution in [2.45, 2.75) is 4.90 Å². The second-order valence-corrected chi connectivity index (χ2v) is 8.44. The Labute approximate surface area is 168 Å². The van der Waals surface area contributed by atoms with Gasteiger partial charge in [0.05, 0.1) is 5.56 Å². The molecule has 0 aliphatic rings. The van der Waals surface area contributed by atoms with E-state index in [1.54, 1.807) is 0 Å². The molecule has 0 spiro atoms. The third kappa shape index (κ3) is 3.96. The summed E-state index contributed by atoms with van der Waals surface area (Å²) in [5, 5.41) is 0. The molecule has 26 heavy (non-hydrogen) atoms. The summed E-state index contributed by atoms with van der Waals surface area (Å²) in [6.45, 7) is 0. The van der Waals surface area contributed by atoms with E-state index in [2.05, 4.69) is 52.5 Å². The molecule has 0 saturated carbocycles. The van der Waals surface area contributed by atoms with Gasteiger partial charge in [0.25, 0.3) is 0 Å². The van der Waals surface area contributed by atoms with Crippen molar-refractivity contribution in [3.05, 3.63) is 54.4 Å². The predicted molar refractivity (Wildman–Crippen MR) is 88.7 cm³/mol. The van der Waals surface area contributed by atoms with Gasteiger partial charge in [0.1, 0.15) is 15.0 Å². The number of benzene rings is 2. The fourth-order valence-corrected chi connectivity index (χ4v) is 4.98. The van der Waals surface area contributed by atoms with Crippen LogP contribution < -0.4 is 4.74 Å². The molecule has 0 amide bonds. The molecular weight excluding hydrogens is 584 g/mol. The van der Waals surface area contributed by atoms with E-state index < -0.39 is 50.0 Å². The highest BCUT2D eigenvalue weighted by Gasteiger charge is 2.32. The molecule has 2 rings (SSSR count). The Morgan fingerprint density at radius 2 is 1.35 bits per heavy atom. The smallest absolute Gasteiger partial charge is 0.346 e. The normalized spacial score (nSPS) is 11.5. The van der Waals surface area contributed by atoms with Gasteiger partial charge in [-0.05, 0) is 44.0 Å². The monoisotopic (exact) mass is 583 g/mol. The topological polar surface area (TPSA) is 83.5 Å². The number of hydrogen-bond donors (Lipinski definition) is 0. The number of esters is 1. The Hall–Kier alpha value is -1.02. The van der Waals surface area contributed by atoms with Crippen molar-refractivity contribution in [1.82, 2.24) is 0 Å². The van der Waals surface area contributed by atoms with Crippen LogP contribution in [0.4, 0.5) is 17.6 Å². The van der Waals surface area contributed by atoms with Crippen molar-refractivity contribution in [3.8, 4) is 5.75 Å². The molecule has 5 nitrogen and oxygen atoms in total. The van der Waals surface area contributed by atoms with Crippen LogP contribution in [0.2, 0.25) is 0 Å². The number of carbonyl (C=O) groups excluding carboxylic acids is 1. The Kier molecular flexibility index (Phi) is 6.17. The van der Waals surface area contributed by atoms with Crippen LogP contribution in [0.5, 0.6) is 5.75 Å². The van der Waals surface area contributed by atoms with E-state index in [9.17, 15) is 35.3 Å². The summed E-state index contributed by atoms with van der Waals surface area (Å²) < 4.78 is 92.5. The number of carbonyl (C=O) groups is 1. The van der Waals surface area contributed by atoms with E-state index in [1.807, 2.05) is 0 Å². The Balaban J connectivity index is 2.60. The van der Waals surface area contributed by atoms with Gasteiger partial charge in [-0.1, -0.05) is 15.9 Å². The minimum atomic E-state index is -5.87. The van der Waals surface area contributed by atoms with E-state index in [0.717, 1.165) is 0 Å². The predicted octanol–water partition coefficient (Wildman–Crippen LogP) is 4.65. The molecule has 0 atom stereocenters. The standard InChI is InChI=1S/C13H3Br3F4O5S/c14-3-1-4(15)6(5(16)2-3)13(21)25-11-7(17)9(19)12(26(22,23)24)10(20)8(11)18/h1-2H,(H,22,23,24)/p-1. The third-order valence-electron chi connectivity index (χ3n) is 2.84. The molecule has 140 valence electrons. The molecule has 13 heteroatoms. The molecule has 2 aromatic rings. The van der Waals surface area contributed by atoms with Crippen molar-refractivity contribution in [2.75, 3.05) is 0 Å². The van der Waals surface area contributed by atoms with Crippen molar-refractivity contribution < 1.29 is 40.1 Å². The molecule has 0 aliphatic carbocycles. The van der Waals surface area contributed by atoms with Crippen LogP contribution in [-0.2, 0) is 10.1 Å². The van der Waals surface area contributed by atoms with Crippen LogP contribution in [0.15, 0.2) is 30.4 Å². The minimum absolute atomic E-state index is 0.101. The molecule has 0 radical (unpaired) electrons. The highest BCUT2D eigenvalue weighted by atomic mass is 79.9. The molecule has 0 aliphatic heterocycles. The zero-order valence-electron chi connectivity index (χ0n) is 11.7. The molecule has 0 saturated heterocycles. The van der Waals surface area contributed by atoms with Crippen LogP contribution in [0.3, 0.4) is 0 Å². The average Bonchev–Trinajstić information content (AvgIpc) is 2.47. The van der Waals surface area contributed by atoms with Crippen LogP contribution in [-0.4, -0.2) is 18.9 Å². The van der Waals surface area contributed by atoms with E-state index in [0.29, 0.717) is 4.47 Å². The maximum absolute atomic E-state index is 13.9. The largest absolute Gasteiger partial charge is 0.744 e. The molecule has 0 unspecified atom stereocenters. The van der Waals surface area contributed by atoms with E-state index in [4.69, 9.17) is 0 Å². The van der Waals surface area contributed by atoms with Crippen molar-refractivity contribution in [1.29, 1.82) is 0 Å². The summed E-state index contributed by atoms with van der Waals surface area (Å²) in [4.78, 5) is 9.77. The first-order chi connectivity index (χ1) is 11.9. The SMILES string of the molecule is O=C(Oc1c(F)c(F)c(S(=O)(=O)[O-])c(F)c1F)c1c(Br)cc(Br)cc1Br. The van der Waals surface area contributed by atoms with Gasteiger partial charge in [-0.15, -0.1) is 0 Å². The van der Waals surface area contributed by atoms with Gasteiger partial charge < -0.3 is 9.29 Å². The summed E-state index contributed by atoms with van der Waals surface area (Å²) >= 11 is 9.11. The molecule has 0 heterocycles. The second kappa shape index (κ2) is 7.54. The summed E-state index contributed by atoms with van der Waals surface area (Å²) in [6.07, 6.45) is 0. The lowest BCUT2D eigenvalue weighted by molar-refractivity contribution is 0.0714. The van der Waals surface area contributed by atoms with E-state index >= 15 is 0 Å². The molecule has 2 aromatic carbocycles. The zero-order chi connectivity index (χ0) is 20.0. The van der Waals surface area contributed by atoms with Gasteiger partial charge in [-0.2, -0.15) is 8.78 Å². The Bertz CT molecular complexity index is 991. The zero-order valence-corrected chi connectivity index (χ0v) is 17.3. The van der Waals surface area contributed by atoms with Gasteiger partial charge in [0.15, 0.2) is 11.6 Å². The third-order valence-corrected chi connectivity index (χ3v) is 5.41. The number of hydrogen-bond acceptors (Lipinski definition) is 5. The average molecular weight is 586 g/mol. The van der Waals surface area contributed by atoms with Crippen LogP contribution in [0.25, 0.3) is 0 Å². The number of halogens is 7. The first-order valence-electron chi connectivity index (χ1n) is 6.04. The molecule has 0 N–H and O–H groups in total. The summed E-state index contributed by atoms with van der Waals surface area (Å²) in [5.41, 5.74) is -0.284. The van der Waals surface area contributed by atoms with Crippen LogP contribution in [0, 0.1) is 23.3 Å². The van der Waals surface area contributed by atoms with Crippen LogP contribution in [0.1, 0.15) is 10.4 Å². The lowest BCUT2D eigenvalue weighted by Gasteiger charge is -2.14. The van der Waals surface area contributed by atoms with Crippen LogP contribution >= 0.6 is 47.8 Å². The molecular formula is C13H2Br3F4O5S-. The first-order valence-corrected chi connectivity index (χ1v) is 9.83. The summed E-state index contributed by atoms with van der Waals surface area (Å²) in [5.74, 6) is -13.0. The fraction of sp³-hybridized carbons (Fsp3) is 0.